The summed E-state index contributed by atoms with van der Waals surface area (Å²) in [5.74, 6) is -0.168. The smallest absolute Gasteiger partial charge is 0.367 e. The van der Waals surface area contributed by atoms with Gasteiger partial charge in [-0.2, -0.15) is 13.2 Å². The molecule has 3 rings (SSSR count). The second-order valence-electron chi connectivity index (χ2n) is 9.24. The summed E-state index contributed by atoms with van der Waals surface area (Å²) in [4.78, 5) is 14.3. The van der Waals surface area contributed by atoms with Crippen LogP contribution >= 0.6 is 0 Å². The van der Waals surface area contributed by atoms with Crippen molar-refractivity contribution in [1.29, 1.82) is 0 Å². The van der Waals surface area contributed by atoms with E-state index in [0.29, 0.717) is 18.8 Å². The average molecular weight is 403 g/mol. The average Bonchev–Trinajstić information content (AvgIpc) is 2.58. The van der Waals surface area contributed by atoms with Gasteiger partial charge in [-0.3, -0.25) is 4.79 Å². The van der Waals surface area contributed by atoms with Gasteiger partial charge >= 0.3 is 6.18 Å². The maximum absolute atomic E-state index is 13.7. The molecule has 156 valence electrons. The van der Waals surface area contributed by atoms with Crippen LogP contribution < -0.4 is 4.90 Å². The summed E-state index contributed by atoms with van der Waals surface area (Å²) in [6, 6.07) is 10.7. The number of hydrogen-bond donors (Lipinski definition) is 0. The lowest BCUT2D eigenvalue weighted by Gasteiger charge is -2.31. The number of Topliss-reactive ketones (excluding diaryl/α,β-unsaturated/α-hetero) is 1. The number of fused-ring (bicyclic) bond motifs is 1. The van der Waals surface area contributed by atoms with E-state index in [1.807, 2.05) is 32.6 Å². The van der Waals surface area contributed by atoms with Crippen LogP contribution in [-0.4, -0.2) is 12.3 Å². The maximum atomic E-state index is 13.7. The summed E-state index contributed by atoms with van der Waals surface area (Å²) >= 11 is 0. The van der Waals surface area contributed by atoms with Crippen molar-refractivity contribution in [2.75, 3.05) is 11.4 Å². The SMILES string of the molecule is Cc1ccc2c(c1)CN(c1ccc(CC(=O)CC(C)(C)C)c(C(F)(F)F)c1)CC2. The Balaban J connectivity index is 1.87. The third kappa shape index (κ3) is 5.40. The molecule has 0 radical (unpaired) electrons. The number of rotatable bonds is 4. The lowest BCUT2D eigenvalue weighted by molar-refractivity contribution is -0.138. The van der Waals surface area contributed by atoms with Crippen LogP contribution in [0.2, 0.25) is 0 Å². The number of aryl methyl sites for hydroxylation is 1. The van der Waals surface area contributed by atoms with E-state index in [9.17, 15) is 18.0 Å². The van der Waals surface area contributed by atoms with Gasteiger partial charge in [0, 0.05) is 31.6 Å². The normalized spacial score (nSPS) is 14.7. The highest BCUT2D eigenvalue weighted by atomic mass is 19.4. The minimum atomic E-state index is -4.49. The quantitative estimate of drug-likeness (QED) is 0.613. The van der Waals surface area contributed by atoms with Gasteiger partial charge in [0.25, 0.3) is 0 Å². The van der Waals surface area contributed by atoms with E-state index in [0.717, 1.165) is 17.5 Å². The minimum Gasteiger partial charge on any atom is -0.367 e. The Bertz CT molecular complexity index is 909. The minimum absolute atomic E-state index is 0.0590. The number of nitrogens with zero attached hydrogens (tertiary/aromatic N) is 1. The molecule has 0 spiro atoms. The molecule has 0 fully saturated rings. The second-order valence-corrected chi connectivity index (χ2v) is 9.24. The summed E-state index contributed by atoms with van der Waals surface area (Å²) in [6.45, 7) is 9.02. The van der Waals surface area contributed by atoms with Gasteiger partial charge in [-0.1, -0.05) is 50.6 Å². The highest BCUT2D eigenvalue weighted by Crippen LogP contribution is 2.36. The standard InChI is InChI=1S/C24H28F3NO/c1-16-5-6-17-9-10-28(15-19(17)11-16)20-8-7-18(22(13-20)24(25,26)27)12-21(29)14-23(2,3)4/h5-8,11,13H,9-10,12,14-15H2,1-4H3. The fourth-order valence-corrected chi connectivity index (χ4v) is 3.95. The van der Waals surface area contributed by atoms with Gasteiger partial charge in [-0.15, -0.1) is 0 Å². The van der Waals surface area contributed by atoms with Crippen molar-refractivity contribution in [3.63, 3.8) is 0 Å². The number of carbonyl (C=O) groups excluding carboxylic acids is 1. The molecule has 0 amide bonds. The van der Waals surface area contributed by atoms with E-state index in [1.54, 1.807) is 6.07 Å². The Morgan fingerprint density at radius 1 is 1.03 bits per heavy atom. The first-order chi connectivity index (χ1) is 13.4. The topological polar surface area (TPSA) is 20.3 Å². The Kier molecular flexibility index (Phi) is 5.79. The van der Waals surface area contributed by atoms with Crippen LogP contribution in [0.15, 0.2) is 36.4 Å². The molecule has 1 aliphatic rings. The molecule has 0 N–H and O–H groups in total. The molecule has 5 heteroatoms. The molecule has 29 heavy (non-hydrogen) atoms. The molecule has 0 unspecified atom stereocenters. The maximum Gasteiger partial charge on any atom is 0.416 e. The highest BCUT2D eigenvalue weighted by Gasteiger charge is 2.35. The lowest BCUT2D eigenvalue weighted by Crippen LogP contribution is -2.30. The summed E-state index contributed by atoms with van der Waals surface area (Å²) < 4.78 is 41.2. The van der Waals surface area contributed by atoms with Crippen LogP contribution in [-0.2, 0) is 30.4 Å². The number of halogens is 3. The van der Waals surface area contributed by atoms with E-state index in [4.69, 9.17) is 0 Å². The molecule has 2 nitrogen and oxygen atoms in total. The van der Waals surface area contributed by atoms with Gasteiger partial charge in [0.1, 0.15) is 5.78 Å². The summed E-state index contributed by atoms with van der Waals surface area (Å²) in [5, 5.41) is 0. The molecule has 0 bridgehead atoms. The van der Waals surface area contributed by atoms with Gasteiger partial charge in [0.05, 0.1) is 5.56 Å². The van der Waals surface area contributed by atoms with Crippen molar-refractivity contribution < 1.29 is 18.0 Å². The molecule has 2 aromatic rings. The number of benzene rings is 2. The zero-order chi connectivity index (χ0) is 21.4. The number of carbonyl (C=O) groups is 1. The lowest BCUT2D eigenvalue weighted by atomic mass is 9.87. The van der Waals surface area contributed by atoms with Gasteiger partial charge in [0.15, 0.2) is 0 Å². The van der Waals surface area contributed by atoms with E-state index in [1.165, 1.54) is 17.7 Å². The molecular formula is C24H28F3NO. The van der Waals surface area contributed by atoms with Crippen LogP contribution in [0.4, 0.5) is 18.9 Å². The predicted octanol–water partition coefficient (Wildman–Crippen LogP) is 6.12. The number of anilines is 1. The molecule has 1 aliphatic heterocycles. The number of hydrogen-bond acceptors (Lipinski definition) is 2. The Hall–Kier alpha value is -2.30. The van der Waals surface area contributed by atoms with Crippen molar-refractivity contribution >= 4 is 11.5 Å². The second kappa shape index (κ2) is 7.85. The van der Waals surface area contributed by atoms with Gasteiger partial charge in [0.2, 0.25) is 0 Å². The van der Waals surface area contributed by atoms with E-state index in [2.05, 4.69) is 18.2 Å². The van der Waals surface area contributed by atoms with Gasteiger partial charge in [-0.25, -0.2) is 0 Å². The zero-order valence-corrected chi connectivity index (χ0v) is 17.5. The highest BCUT2D eigenvalue weighted by molar-refractivity contribution is 5.82. The molecule has 0 saturated heterocycles. The summed E-state index contributed by atoms with van der Waals surface area (Å²) in [7, 11) is 0. The van der Waals surface area contributed by atoms with Crippen molar-refractivity contribution in [2.24, 2.45) is 5.41 Å². The van der Waals surface area contributed by atoms with Gasteiger partial charge in [-0.05, 0) is 47.6 Å². The molecule has 1 heterocycles. The number of alkyl halides is 3. The largest absolute Gasteiger partial charge is 0.416 e. The van der Waals surface area contributed by atoms with Crippen LogP contribution in [0, 0.1) is 12.3 Å². The van der Waals surface area contributed by atoms with Crippen molar-refractivity contribution in [3.8, 4) is 0 Å². The van der Waals surface area contributed by atoms with Crippen LogP contribution in [0.3, 0.4) is 0 Å². The first-order valence-corrected chi connectivity index (χ1v) is 9.97. The Morgan fingerprint density at radius 2 is 1.76 bits per heavy atom. The van der Waals surface area contributed by atoms with Crippen LogP contribution in [0.5, 0.6) is 0 Å². The molecular weight excluding hydrogens is 375 g/mol. The van der Waals surface area contributed by atoms with Crippen molar-refractivity contribution in [1.82, 2.24) is 0 Å². The predicted molar refractivity (Wildman–Crippen MR) is 110 cm³/mol. The third-order valence-electron chi connectivity index (χ3n) is 5.25. The first kappa shape index (κ1) is 21.4. The molecule has 0 aromatic heterocycles. The van der Waals surface area contributed by atoms with E-state index >= 15 is 0 Å². The third-order valence-corrected chi connectivity index (χ3v) is 5.25. The summed E-state index contributed by atoms with van der Waals surface area (Å²) in [6.07, 6.45) is -3.61. The Morgan fingerprint density at radius 3 is 2.41 bits per heavy atom. The zero-order valence-electron chi connectivity index (χ0n) is 17.5. The number of ketones is 1. The van der Waals surface area contributed by atoms with Gasteiger partial charge < -0.3 is 4.90 Å². The monoisotopic (exact) mass is 403 g/mol. The molecule has 0 aliphatic carbocycles. The Labute approximate surface area is 170 Å². The van der Waals surface area contributed by atoms with E-state index in [-0.39, 0.29) is 29.6 Å². The molecule has 0 saturated carbocycles. The molecule has 2 aromatic carbocycles. The van der Waals surface area contributed by atoms with Crippen molar-refractivity contribution in [3.05, 3.63) is 64.2 Å². The fourth-order valence-electron chi connectivity index (χ4n) is 3.95. The molecule has 0 atom stereocenters. The fraction of sp³-hybridized carbons (Fsp3) is 0.458. The van der Waals surface area contributed by atoms with Crippen molar-refractivity contribution in [2.45, 2.75) is 59.7 Å². The van der Waals surface area contributed by atoms with Crippen LogP contribution in [0.1, 0.15) is 55.0 Å². The summed E-state index contributed by atoms with van der Waals surface area (Å²) in [5.41, 5.74) is 3.23. The van der Waals surface area contributed by atoms with E-state index < -0.39 is 11.7 Å². The first-order valence-electron chi connectivity index (χ1n) is 9.97. The van der Waals surface area contributed by atoms with Crippen LogP contribution in [0.25, 0.3) is 0 Å².